The molecular weight excluding hydrogens is 286 g/mol. The van der Waals surface area contributed by atoms with Crippen molar-refractivity contribution in [1.29, 1.82) is 0 Å². The fourth-order valence-corrected chi connectivity index (χ4v) is 3.15. The third-order valence-corrected chi connectivity index (χ3v) is 4.30. The smallest absolute Gasteiger partial charge is 0.252 e. The maximum absolute atomic E-state index is 11.4. The summed E-state index contributed by atoms with van der Waals surface area (Å²) < 4.78 is 0. The van der Waals surface area contributed by atoms with Gasteiger partial charge in [0, 0.05) is 24.8 Å². The second-order valence-corrected chi connectivity index (χ2v) is 6.00. The Morgan fingerprint density at radius 1 is 1.19 bits per heavy atom. The molecular formula is C16H24ClN3O. The number of rotatable bonds is 6. The third kappa shape index (κ3) is 4.90. The van der Waals surface area contributed by atoms with E-state index in [1.165, 1.54) is 38.5 Å². The largest absolute Gasteiger partial charge is 0.383 e. The minimum atomic E-state index is -0.500. The minimum Gasteiger partial charge on any atom is -0.383 e. The maximum atomic E-state index is 11.4. The number of nitrogens with one attached hydrogen (secondary N) is 2. The van der Waals surface area contributed by atoms with Gasteiger partial charge in [0.2, 0.25) is 0 Å². The molecule has 0 atom stereocenters. The fourth-order valence-electron chi connectivity index (χ4n) is 2.88. The van der Waals surface area contributed by atoms with Gasteiger partial charge in [-0.2, -0.15) is 0 Å². The van der Waals surface area contributed by atoms with E-state index in [4.69, 9.17) is 17.3 Å². The summed E-state index contributed by atoms with van der Waals surface area (Å²) in [5.41, 5.74) is 6.45. The van der Waals surface area contributed by atoms with E-state index in [2.05, 4.69) is 10.6 Å². The van der Waals surface area contributed by atoms with Crippen molar-refractivity contribution < 1.29 is 4.79 Å². The summed E-state index contributed by atoms with van der Waals surface area (Å²) in [7, 11) is 0. The lowest BCUT2D eigenvalue weighted by Gasteiger charge is -2.17. The summed E-state index contributed by atoms with van der Waals surface area (Å²) in [4.78, 5) is 11.4. The first kappa shape index (κ1) is 16.1. The van der Waals surface area contributed by atoms with Gasteiger partial charge in [-0.05, 0) is 25.0 Å². The first-order chi connectivity index (χ1) is 10.2. The molecule has 0 bridgehead atoms. The van der Waals surface area contributed by atoms with E-state index in [0.29, 0.717) is 22.3 Å². The van der Waals surface area contributed by atoms with Crippen LogP contribution in [0.5, 0.6) is 0 Å². The molecule has 0 radical (unpaired) electrons. The highest BCUT2D eigenvalue weighted by atomic mass is 35.5. The number of amides is 1. The summed E-state index contributed by atoms with van der Waals surface area (Å²) in [5.74, 6) is -0.500. The Bertz CT molecular complexity index is 471. The van der Waals surface area contributed by atoms with Gasteiger partial charge in [-0.1, -0.05) is 43.4 Å². The number of nitrogens with two attached hydrogens (primary N) is 1. The van der Waals surface area contributed by atoms with Crippen molar-refractivity contribution in [2.45, 2.75) is 44.6 Å². The van der Waals surface area contributed by atoms with Gasteiger partial charge < -0.3 is 16.4 Å². The molecule has 0 spiro atoms. The first-order valence-electron chi connectivity index (χ1n) is 7.74. The molecule has 1 aromatic carbocycles. The number of halogens is 1. The van der Waals surface area contributed by atoms with Gasteiger partial charge in [-0.15, -0.1) is 0 Å². The Balaban J connectivity index is 1.80. The normalized spacial score (nSPS) is 16.4. The van der Waals surface area contributed by atoms with Crippen LogP contribution in [-0.4, -0.2) is 25.0 Å². The Kier molecular flexibility index (Phi) is 6.33. The zero-order valence-electron chi connectivity index (χ0n) is 12.3. The molecule has 0 saturated heterocycles. The monoisotopic (exact) mass is 309 g/mol. The average molecular weight is 310 g/mol. The van der Waals surface area contributed by atoms with Gasteiger partial charge in [-0.25, -0.2) is 0 Å². The standard InChI is InChI=1S/C16H24ClN3O/c17-13-8-5-9-14(15(13)16(18)21)20-11-10-19-12-6-3-1-2-4-7-12/h5,8-9,12,19-20H,1-4,6-7,10-11H2,(H2,18,21). The van der Waals surface area contributed by atoms with Crippen LogP contribution in [0, 0.1) is 0 Å². The number of hydrogen-bond acceptors (Lipinski definition) is 3. The van der Waals surface area contributed by atoms with E-state index in [1.54, 1.807) is 6.07 Å². The Morgan fingerprint density at radius 3 is 2.57 bits per heavy atom. The molecule has 21 heavy (non-hydrogen) atoms. The molecule has 116 valence electrons. The molecule has 4 nitrogen and oxygen atoms in total. The molecule has 2 rings (SSSR count). The van der Waals surface area contributed by atoms with Crippen LogP contribution in [0.4, 0.5) is 5.69 Å². The van der Waals surface area contributed by atoms with Gasteiger partial charge >= 0.3 is 0 Å². The molecule has 1 aliphatic rings. The molecule has 0 aliphatic heterocycles. The molecule has 5 heteroatoms. The van der Waals surface area contributed by atoms with Crippen LogP contribution in [0.3, 0.4) is 0 Å². The summed E-state index contributed by atoms with van der Waals surface area (Å²) in [5, 5.41) is 7.22. The second-order valence-electron chi connectivity index (χ2n) is 5.60. The number of hydrogen-bond donors (Lipinski definition) is 3. The topological polar surface area (TPSA) is 67.2 Å². The number of primary amides is 1. The quantitative estimate of drug-likeness (QED) is 0.558. The summed E-state index contributed by atoms with van der Waals surface area (Å²) in [6.45, 7) is 1.62. The van der Waals surface area contributed by atoms with Crippen molar-refractivity contribution in [3.8, 4) is 0 Å². The average Bonchev–Trinajstić information content (AvgIpc) is 2.72. The van der Waals surface area contributed by atoms with Crippen LogP contribution in [0.15, 0.2) is 18.2 Å². The molecule has 1 saturated carbocycles. The SMILES string of the molecule is NC(=O)c1c(Cl)cccc1NCCNC1CCCCCC1. The predicted octanol–water partition coefficient (Wildman–Crippen LogP) is 3.16. The zero-order valence-corrected chi connectivity index (χ0v) is 13.1. The lowest BCUT2D eigenvalue weighted by molar-refractivity contribution is 0.100. The second kappa shape index (κ2) is 8.25. The molecule has 1 amide bonds. The van der Waals surface area contributed by atoms with Gasteiger partial charge in [0.15, 0.2) is 0 Å². The summed E-state index contributed by atoms with van der Waals surface area (Å²) in [6.07, 6.45) is 7.91. The number of benzene rings is 1. The van der Waals surface area contributed by atoms with Crippen molar-refractivity contribution in [1.82, 2.24) is 5.32 Å². The number of carbonyl (C=O) groups is 1. The lowest BCUT2D eigenvalue weighted by Crippen LogP contribution is -2.32. The van der Waals surface area contributed by atoms with E-state index < -0.39 is 5.91 Å². The van der Waals surface area contributed by atoms with E-state index in [0.717, 1.165) is 13.1 Å². The summed E-state index contributed by atoms with van der Waals surface area (Å²) in [6, 6.07) is 5.95. The molecule has 1 aliphatic carbocycles. The number of carbonyl (C=O) groups excluding carboxylic acids is 1. The van der Waals surface area contributed by atoms with Crippen molar-refractivity contribution >= 4 is 23.2 Å². The molecule has 1 fully saturated rings. The number of anilines is 1. The fraction of sp³-hybridized carbons (Fsp3) is 0.562. The highest BCUT2D eigenvalue weighted by molar-refractivity contribution is 6.34. The minimum absolute atomic E-state index is 0.369. The Morgan fingerprint density at radius 2 is 1.90 bits per heavy atom. The van der Waals surface area contributed by atoms with Crippen LogP contribution < -0.4 is 16.4 Å². The van der Waals surface area contributed by atoms with Gasteiger partial charge in [-0.3, -0.25) is 4.79 Å². The van der Waals surface area contributed by atoms with Gasteiger partial charge in [0.1, 0.15) is 0 Å². The van der Waals surface area contributed by atoms with Crippen LogP contribution >= 0.6 is 11.6 Å². The maximum Gasteiger partial charge on any atom is 0.252 e. The molecule has 0 heterocycles. The van der Waals surface area contributed by atoms with E-state index in [1.807, 2.05) is 12.1 Å². The zero-order chi connectivity index (χ0) is 15.1. The lowest BCUT2D eigenvalue weighted by atomic mass is 10.1. The van der Waals surface area contributed by atoms with Crippen molar-refractivity contribution in [3.63, 3.8) is 0 Å². The van der Waals surface area contributed by atoms with E-state index >= 15 is 0 Å². The van der Waals surface area contributed by atoms with Crippen LogP contribution in [0.2, 0.25) is 5.02 Å². The van der Waals surface area contributed by atoms with Crippen molar-refractivity contribution in [2.24, 2.45) is 5.73 Å². The summed E-state index contributed by atoms with van der Waals surface area (Å²) >= 11 is 6.02. The van der Waals surface area contributed by atoms with E-state index in [-0.39, 0.29) is 0 Å². The third-order valence-electron chi connectivity index (χ3n) is 3.99. The van der Waals surface area contributed by atoms with Crippen LogP contribution in [0.25, 0.3) is 0 Å². The molecule has 4 N–H and O–H groups in total. The molecule has 0 aromatic heterocycles. The van der Waals surface area contributed by atoms with Crippen LogP contribution in [-0.2, 0) is 0 Å². The van der Waals surface area contributed by atoms with Crippen LogP contribution in [0.1, 0.15) is 48.9 Å². The van der Waals surface area contributed by atoms with Crippen molar-refractivity contribution in [2.75, 3.05) is 18.4 Å². The van der Waals surface area contributed by atoms with Crippen molar-refractivity contribution in [3.05, 3.63) is 28.8 Å². The highest BCUT2D eigenvalue weighted by Crippen LogP contribution is 2.23. The Hall–Kier alpha value is -1.26. The Labute approximate surface area is 131 Å². The molecule has 1 aromatic rings. The predicted molar refractivity (Wildman–Crippen MR) is 88.0 cm³/mol. The highest BCUT2D eigenvalue weighted by Gasteiger charge is 2.13. The first-order valence-corrected chi connectivity index (χ1v) is 8.12. The molecule has 0 unspecified atom stereocenters. The van der Waals surface area contributed by atoms with E-state index in [9.17, 15) is 4.79 Å². The van der Waals surface area contributed by atoms with Gasteiger partial charge in [0.25, 0.3) is 5.91 Å². The van der Waals surface area contributed by atoms with Gasteiger partial charge in [0.05, 0.1) is 10.6 Å².